The molecular formula is C23H21ClN2O7. The van der Waals surface area contributed by atoms with Gasteiger partial charge in [-0.3, -0.25) is 24.5 Å². The van der Waals surface area contributed by atoms with Gasteiger partial charge in [-0.2, -0.15) is 0 Å². The van der Waals surface area contributed by atoms with Gasteiger partial charge in [0.25, 0.3) is 0 Å². The first-order valence-electron chi connectivity index (χ1n) is 10.1. The molecule has 2 saturated heterocycles. The Morgan fingerprint density at radius 2 is 1.85 bits per heavy atom. The molecule has 0 spiro atoms. The van der Waals surface area contributed by atoms with Crippen LogP contribution in [0.1, 0.15) is 23.6 Å². The second-order valence-electron chi connectivity index (χ2n) is 8.16. The molecule has 2 heterocycles. The fourth-order valence-electron chi connectivity index (χ4n) is 4.84. The zero-order valence-electron chi connectivity index (χ0n) is 17.7. The van der Waals surface area contributed by atoms with E-state index >= 15 is 0 Å². The number of carbonyl (C=O) groups excluding carboxylic acids is 2. The number of amides is 2. The number of imide groups is 1. The number of hydrogen-bond donors (Lipinski definition) is 3. The maximum absolute atomic E-state index is 13.6. The molecule has 4 rings (SSSR count). The molecule has 0 aliphatic carbocycles. The minimum absolute atomic E-state index is 0.198. The van der Waals surface area contributed by atoms with Gasteiger partial charge in [-0.25, -0.2) is 4.90 Å². The fraction of sp³-hybridized carbons (Fsp3) is 0.304. The number of halogens is 1. The number of carboxylic acids is 2. The molecule has 3 N–H and O–H groups in total. The quantitative estimate of drug-likeness (QED) is 0.546. The molecule has 2 amide bonds. The maximum Gasteiger partial charge on any atom is 0.325 e. The lowest BCUT2D eigenvalue weighted by Crippen LogP contribution is -2.57. The van der Waals surface area contributed by atoms with Crippen molar-refractivity contribution in [1.82, 2.24) is 5.32 Å². The predicted molar refractivity (Wildman–Crippen MR) is 117 cm³/mol. The van der Waals surface area contributed by atoms with Crippen LogP contribution in [0.25, 0.3) is 0 Å². The van der Waals surface area contributed by atoms with Crippen LogP contribution in [0.15, 0.2) is 42.5 Å². The van der Waals surface area contributed by atoms with Crippen molar-refractivity contribution < 1.29 is 34.1 Å². The zero-order chi connectivity index (χ0) is 24.1. The molecule has 4 atom stereocenters. The first-order valence-corrected chi connectivity index (χ1v) is 10.5. The Kier molecular flexibility index (Phi) is 5.63. The standard InChI is InChI=1S/C23H21ClN2O7/c1-11-7-8-12(9-14(11)24)26-20(29)17-18(21(26)30)23(22(31)32,10-16(27)28)25-19(17)13-5-3-4-6-15(13)33-2/h3-9,17-19,25H,10H2,1-2H3,(H,27,28)(H,31,32). The summed E-state index contributed by atoms with van der Waals surface area (Å²) in [7, 11) is 1.43. The van der Waals surface area contributed by atoms with E-state index in [1.807, 2.05) is 0 Å². The van der Waals surface area contributed by atoms with Crippen LogP contribution in [0, 0.1) is 18.8 Å². The van der Waals surface area contributed by atoms with Crippen molar-refractivity contribution in [3.63, 3.8) is 0 Å². The molecule has 2 fully saturated rings. The number of rotatable bonds is 6. The lowest BCUT2D eigenvalue weighted by Gasteiger charge is -2.30. The van der Waals surface area contributed by atoms with E-state index in [2.05, 4.69) is 5.32 Å². The topological polar surface area (TPSA) is 133 Å². The molecule has 2 aromatic carbocycles. The van der Waals surface area contributed by atoms with Gasteiger partial charge >= 0.3 is 11.9 Å². The minimum atomic E-state index is -2.20. The largest absolute Gasteiger partial charge is 0.496 e. The summed E-state index contributed by atoms with van der Waals surface area (Å²) >= 11 is 6.20. The van der Waals surface area contributed by atoms with Crippen molar-refractivity contribution in [3.8, 4) is 5.75 Å². The molecule has 2 aromatic rings. The first-order chi connectivity index (χ1) is 15.6. The molecule has 2 aliphatic heterocycles. The second-order valence-corrected chi connectivity index (χ2v) is 8.57. The normalized spacial score (nSPS) is 26.4. The number of nitrogens with zero attached hydrogens (tertiary/aromatic N) is 1. The number of aryl methyl sites for hydroxylation is 1. The van der Waals surface area contributed by atoms with E-state index in [0.717, 1.165) is 10.5 Å². The number of carbonyl (C=O) groups is 4. The van der Waals surface area contributed by atoms with Crippen LogP contribution in [0.2, 0.25) is 5.02 Å². The van der Waals surface area contributed by atoms with E-state index in [-0.39, 0.29) is 5.69 Å². The molecule has 0 bridgehead atoms. The van der Waals surface area contributed by atoms with Crippen molar-refractivity contribution in [3.05, 3.63) is 58.6 Å². The first kappa shape index (κ1) is 22.8. The van der Waals surface area contributed by atoms with Crippen LogP contribution in [0.4, 0.5) is 5.69 Å². The van der Waals surface area contributed by atoms with Gasteiger partial charge in [-0.05, 0) is 30.7 Å². The smallest absolute Gasteiger partial charge is 0.325 e. The summed E-state index contributed by atoms with van der Waals surface area (Å²) in [5.74, 6) is -6.61. The molecular weight excluding hydrogens is 452 g/mol. The highest BCUT2D eigenvalue weighted by Gasteiger charge is 2.69. The number of aliphatic carboxylic acids is 2. The molecule has 33 heavy (non-hydrogen) atoms. The summed E-state index contributed by atoms with van der Waals surface area (Å²) < 4.78 is 5.39. The Morgan fingerprint density at radius 1 is 1.15 bits per heavy atom. The number of nitrogens with one attached hydrogen (secondary N) is 1. The average Bonchev–Trinajstić information content (AvgIpc) is 3.24. The molecule has 10 heteroatoms. The van der Waals surface area contributed by atoms with Crippen LogP contribution < -0.4 is 15.0 Å². The number of methoxy groups -OCH3 is 1. The average molecular weight is 473 g/mol. The van der Waals surface area contributed by atoms with Gasteiger partial charge in [0.05, 0.1) is 31.1 Å². The Balaban J connectivity index is 1.90. The van der Waals surface area contributed by atoms with Gasteiger partial charge in [-0.15, -0.1) is 0 Å². The Morgan fingerprint density at radius 3 is 2.45 bits per heavy atom. The number of carboxylic acid groups (broad SMARTS) is 2. The number of hydrogen-bond acceptors (Lipinski definition) is 6. The van der Waals surface area contributed by atoms with Crippen molar-refractivity contribution >= 4 is 41.0 Å². The van der Waals surface area contributed by atoms with E-state index in [4.69, 9.17) is 16.3 Å². The Hall–Kier alpha value is -3.43. The third-order valence-corrected chi connectivity index (χ3v) is 6.76. The molecule has 0 radical (unpaired) electrons. The summed E-state index contributed by atoms with van der Waals surface area (Å²) in [4.78, 5) is 52.2. The predicted octanol–water partition coefficient (Wildman–Crippen LogP) is 2.41. The molecule has 0 saturated carbocycles. The van der Waals surface area contributed by atoms with Crippen LogP contribution in [0.5, 0.6) is 5.75 Å². The van der Waals surface area contributed by atoms with Gasteiger partial charge in [0.15, 0.2) is 0 Å². The fourth-order valence-corrected chi connectivity index (χ4v) is 5.02. The van der Waals surface area contributed by atoms with Gasteiger partial charge in [0, 0.05) is 16.6 Å². The van der Waals surface area contributed by atoms with E-state index < -0.39 is 53.6 Å². The zero-order valence-corrected chi connectivity index (χ0v) is 18.5. The van der Waals surface area contributed by atoms with Crippen molar-refractivity contribution in [2.45, 2.75) is 24.9 Å². The molecule has 4 unspecified atom stereocenters. The second kappa shape index (κ2) is 8.17. The van der Waals surface area contributed by atoms with E-state index in [0.29, 0.717) is 16.3 Å². The third kappa shape index (κ3) is 3.44. The number of ether oxygens (including phenoxy) is 1. The lowest BCUT2D eigenvalue weighted by atomic mass is 9.77. The van der Waals surface area contributed by atoms with Crippen LogP contribution in [0.3, 0.4) is 0 Å². The van der Waals surface area contributed by atoms with E-state index in [1.165, 1.54) is 13.2 Å². The van der Waals surface area contributed by atoms with Crippen molar-refractivity contribution in [2.75, 3.05) is 12.0 Å². The monoisotopic (exact) mass is 472 g/mol. The van der Waals surface area contributed by atoms with Crippen LogP contribution in [-0.4, -0.2) is 46.6 Å². The van der Waals surface area contributed by atoms with Crippen LogP contribution >= 0.6 is 11.6 Å². The number of benzene rings is 2. The summed E-state index contributed by atoms with van der Waals surface area (Å²) in [6.07, 6.45) is -0.892. The number of para-hydroxylation sites is 1. The SMILES string of the molecule is COc1ccccc1C1NC(CC(=O)O)(C(=O)O)C2C(=O)N(c3ccc(C)c(Cl)c3)C(=O)C12. The summed E-state index contributed by atoms with van der Waals surface area (Å²) in [6.45, 7) is 1.76. The van der Waals surface area contributed by atoms with E-state index in [9.17, 15) is 29.4 Å². The summed E-state index contributed by atoms with van der Waals surface area (Å²) in [5.41, 5.74) is -0.811. The minimum Gasteiger partial charge on any atom is -0.496 e. The van der Waals surface area contributed by atoms with Gasteiger partial charge in [-0.1, -0.05) is 35.9 Å². The molecule has 9 nitrogen and oxygen atoms in total. The van der Waals surface area contributed by atoms with Gasteiger partial charge in [0.1, 0.15) is 11.3 Å². The van der Waals surface area contributed by atoms with Gasteiger partial charge in [0.2, 0.25) is 11.8 Å². The summed E-state index contributed by atoms with van der Waals surface area (Å²) in [6, 6.07) is 10.4. The van der Waals surface area contributed by atoms with Crippen molar-refractivity contribution in [1.29, 1.82) is 0 Å². The van der Waals surface area contributed by atoms with Crippen LogP contribution in [-0.2, 0) is 19.2 Å². The highest BCUT2D eigenvalue weighted by molar-refractivity contribution is 6.32. The van der Waals surface area contributed by atoms with Crippen molar-refractivity contribution in [2.24, 2.45) is 11.8 Å². The number of anilines is 1. The lowest BCUT2D eigenvalue weighted by molar-refractivity contribution is -0.154. The van der Waals surface area contributed by atoms with Gasteiger partial charge < -0.3 is 14.9 Å². The summed E-state index contributed by atoms with van der Waals surface area (Å²) in [5, 5.41) is 22.8. The molecule has 2 aliphatic rings. The molecule has 172 valence electrons. The molecule has 0 aromatic heterocycles. The highest BCUT2D eigenvalue weighted by atomic mass is 35.5. The third-order valence-electron chi connectivity index (χ3n) is 6.35. The Bertz CT molecular complexity index is 1180. The maximum atomic E-state index is 13.6. The van der Waals surface area contributed by atoms with E-state index in [1.54, 1.807) is 43.3 Å². The Labute approximate surface area is 193 Å². The number of fused-ring (bicyclic) bond motifs is 1. The highest BCUT2D eigenvalue weighted by Crippen LogP contribution is 2.52.